The molecule has 2 heterocycles. The zero-order chi connectivity index (χ0) is 25.3. The van der Waals surface area contributed by atoms with Crippen LogP contribution >= 0.6 is 0 Å². The molecule has 1 aliphatic rings. The molecule has 1 atom stereocenters. The number of halogens is 3. The van der Waals surface area contributed by atoms with Crippen molar-refractivity contribution in [2.75, 3.05) is 0 Å². The number of pyridine rings is 1. The molecule has 4 rings (SSSR count). The number of aromatic nitrogens is 1. The van der Waals surface area contributed by atoms with Gasteiger partial charge in [-0.2, -0.15) is 13.2 Å². The van der Waals surface area contributed by atoms with E-state index < -0.39 is 40.2 Å². The molecule has 0 radical (unpaired) electrons. The second-order valence-electron chi connectivity index (χ2n) is 7.72. The fourth-order valence-corrected chi connectivity index (χ4v) is 3.87. The maximum atomic E-state index is 13.2. The van der Waals surface area contributed by atoms with Crippen LogP contribution in [-0.2, 0) is 22.3 Å². The van der Waals surface area contributed by atoms with E-state index in [1.807, 2.05) is 0 Å². The van der Waals surface area contributed by atoms with Gasteiger partial charge in [0.15, 0.2) is 0 Å². The number of aliphatic hydroxyl groups excluding tert-OH is 1. The average molecular weight is 483 g/mol. The Kier molecular flexibility index (Phi) is 6.08. The van der Waals surface area contributed by atoms with Gasteiger partial charge < -0.3 is 10.0 Å². The number of Topliss-reactive ketones (excluding diaryl/α,β-unsaturated/α-hetero) is 1. The van der Waals surface area contributed by atoms with Crippen molar-refractivity contribution < 1.29 is 32.8 Å². The third kappa shape index (κ3) is 4.60. The summed E-state index contributed by atoms with van der Waals surface area (Å²) < 4.78 is 39.5. The minimum atomic E-state index is -4.59. The predicted molar refractivity (Wildman–Crippen MR) is 117 cm³/mol. The number of nitro benzene ring substituents is 1. The standard InChI is InChI=1S/C24H16F3N3O5/c25-24(26,27)17-5-1-3-14(11-17)13-29-20(16-4-2-10-28-12-16)19(22(32)23(29)33)21(31)15-6-8-18(9-7-15)30(34)35/h1-12,20,31H,13H2/b21-19+. The maximum absolute atomic E-state index is 13.2. The molecule has 3 aromatic rings. The Hall–Kier alpha value is -4.54. The van der Waals surface area contributed by atoms with E-state index in [1.54, 1.807) is 12.1 Å². The van der Waals surface area contributed by atoms with Gasteiger partial charge in [0.2, 0.25) is 0 Å². The first kappa shape index (κ1) is 23.6. The number of non-ortho nitro benzene ring substituents is 1. The minimum absolute atomic E-state index is 0.0570. The molecule has 1 aliphatic heterocycles. The van der Waals surface area contributed by atoms with Crippen LogP contribution in [0.4, 0.5) is 18.9 Å². The van der Waals surface area contributed by atoms with E-state index in [1.165, 1.54) is 36.7 Å². The number of hydrogen-bond acceptors (Lipinski definition) is 6. The van der Waals surface area contributed by atoms with Crippen molar-refractivity contribution in [1.29, 1.82) is 0 Å². The molecule has 1 amide bonds. The van der Waals surface area contributed by atoms with Gasteiger partial charge in [0.05, 0.1) is 22.1 Å². The smallest absolute Gasteiger partial charge is 0.416 e. The van der Waals surface area contributed by atoms with Gasteiger partial charge in [0.1, 0.15) is 5.76 Å². The van der Waals surface area contributed by atoms with Crippen LogP contribution in [0.3, 0.4) is 0 Å². The van der Waals surface area contributed by atoms with Crippen molar-refractivity contribution in [2.45, 2.75) is 18.8 Å². The van der Waals surface area contributed by atoms with Crippen molar-refractivity contribution in [3.63, 3.8) is 0 Å². The molecule has 0 saturated carbocycles. The van der Waals surface area contributed by atoms with E-state index in [0.717, 1.165) is 29.2 Å². The maximum Gasteiger partial charge on any atom is 0.416 e. The van der Waals surface area contributed by atoms with E-state index in [4.69, 9.17) is 0 Å². The molecular weight excluding hydrogens is 467 g/mol. The highest BCUT2D eigenvalue weighted by Crippen LogP contribution is 2.40. The van der Waals surface area contributed by atoms with Crippen LogP contribution in [-0.4, -0.2) is 31.6 Å². The fourth-order valence-electron chi connectivity index (χ4n) is 3.87. The molecule has 0 spiro atoms. The number of hydrogen-bond donors (Lipinski definition) is 1. The molecule has 1 unspecified atom stereocenters. The lowest BCUT2D eigenvalue weighted by Crippen LogP contribution is -2.29. The van der Waals surface area contributed by atoms with Crippen LogP contribution in [0.1, 0.15) is 28.3 Å². The van der Waals surface area contributed by atoms with E-state index in [0.29, 0.717) is 5.56 Å². The second-order valence-corrected chi connectivity index (χ2v) is 7.72. The van der Waals surface area contributed by atoms with Gasteiger partial charge in [-0.05, 0) is 41.5 Å². The van der Waals surface area contributed by atoms with Crippen molar-refractivity contribution in [3.8, 4) is 0 Å². The topological polar surface area (TPSA) is 114 Å². The Balaban J connectivity index is 1.81. The highest BCUT2D eigenvalue weighted by molar-refractivity contribution is 6.46. The number of likely N-dealkylation sites (tertiary alicyclic amines) is 1. The number of nitrogens with zero attached hydrogens (tertiary/aromatic N) is 3. The predicted octanol–water partition coefficient (Wildman–Crippen LogP) is 4.63. The van der Waals surface area contributed by atoms with Crippen LogP contribution in [0.2, 0.25) is 0 Å². The zero-order valence-electron chi connectivity index (χ0n) is 17.8. The summed E-state index contributed by atoms with van der Waals surface area (Å²) in [5, 5.41) is 21.9. The van der Waals surface area contributed by atoms with Gasteiger partial charge >= 0.3 is 6.18 Å². The summed E-state index contributed by atoms with van der Waals surface area (Å²) in [5.41, 5.74) is -0.913. The number of benzene rings is 2. The van der Waals surface area contributed by atoms with Crippen LogP contribution in [0.5, 0.6) is 0 Å². The fraction of sp³-hybridized carbons (Fsp3) is 0.125. The molecule has 11 heteroatoms. The number of ketones is 1. The van der Waals surface area contributed by atoms with E-state index >= 15 is 0 Å². The first-order valence-corrected chi connectivity index (χ1v) is 10.2. The van der Waals surface area contributed by atoms with Crippen molar-refractivity contribution >= 4 is 23.1 Å². The number of aliphatic hydroxyl groups is 1. The van der Waals surface area contributed by atoms with Gasteiger partial charge in [0, 0.05) is 36.6 Å². The normalized spacial score (nSPS) is 17.6. The summed E-state index contributed by atoms with van der Waals surface area (Å²) in [6, 6.07) is 11.1. The summed E-state index contributed by atoms with van der Waals surface area (Å²) in [6.45, 7) is -0.342. The third-order valence-electron chi connectivity index (χ3n) is 5.50. The second kappa shape index (κ2) is 9.01. The Morgan fingerprint density at radius 3 is 2.40 bits per heavy atom. The number of carbonyl (C=O) groups excluding carboxylic acids is 2. The van der Waals surface area contributed by atoms with Gasteiger partial charge in [-0.3, -0.25) is 24.7 Å². The number of rotatable bonds is 5. The van der Waals surface area contributed by atoms with Gasteiger partial charge in [0.25, 0.3) is 17.4 Å². The molecule has 35 heavy (non-hydrogen) atoms. The summed E-state index contributed by atoms with van der Waals surface area (Å²) in [7, 11) is 0. The van der Waals surface area contributed by atoms with Crippen LogP contribution in [0.25, 0.3) is 5.76 Å². The lowest BCUT2D eigenvalue weighted by atomic mass is 9.96. The largest absolute Gasteiger partial charge is 0.507 e. The van der Waals surface area contributed by atoms with Crippen LogP contribution in [0.15, 0.2) is 78.6 Å². The lowest BCUT2D eigenvalue weighted by Gasteiger charge is -2.25. The molecule has 1 N–H and O–H groups in total. The number of amides is 1. The third-order valence-corrected chi connectivity index (χ3v) is 5.50. The van der Waals surface area contributed by atoms with Crippen molar-refractivity contribution in [1.82, 2.24) is 9.88 Å². The number of carbonyl (C=O) groups is 2. The molecule has 1 saturated heterocycles. The van der Waals surface area contributed by atoms with Gasteiger partial charge in [-0.15, -0.1) is 0 Å². The van der Waals surface area contributed by atoms with E-state index in [9.17, 15) is 38.0 Å². The molecule has 1 fully saturated rings. The first-order chi connectivity index (χ1) is 16.6. The lowest BCUT2D eigenvalue weighted by molar-refractivity contribution is -0.384. The van der Waals surface area contributed by atoms with E-state index in [-0.39, 0.29) is 28.9 Å². The quantitative estimate of drug-likeness (QED) is 0.186. The molecule has 1 aromatic heterocycles. The molecule has 8 nitrogen and oxygen atoms in total. The molecule has 2 aromatic carbocycles. The number of alkyl halides is 3. The molecule has 178 valence electrons. The summed E-state index contributed by atoms with van der Waals surface area (Å²) in [4.78, 5) is 41.3. The molecule has 0 bridgehead atoms. The first-order valence-electron chi connectivity index (χ1n) is 10.2. The highest BCUT2D eigenvalue weighted by atomic mass is 19.4. The minimum Gasteiger partial charge on any atom is -0.507 e. The van der Waals surface area contributed by atoms with Crippen molar-refractivity contribution in [2.24, 2.45) is 0 Å². The van der Waals surface area contributed by atoms with E-state index in [2.05, 4.69) is 4.98 Å². The van der Waals surface area contributed by atoms with Crippen molar-refractivity contribution in [3.05, 3.63) is 111 Å². The van der Waals surface area contributed by atoms with Gasteiger partial charge in [-0.1, -0.05) is 18.2 Å². The Morgan fingerprint density at radius 1 is 1.09 bits per heavy atom. The summed E-state index contributed by atoms with van der Waals surface area (Å²) >= 11 is 0. The van der Waals surface area contributed by atoms with Crippen LogP contribution in [0, 0.1) is 10.1 Å². The Labute approximate surface area is 196 Å². The average Bonchev–Trinajstić information content (AvgIpc) is 3.09. The summed E-state index contributed by atoms with van der Waals surface area (Å²) in [5.74, 6) is -2.62. The Morgan fingerprint density at radius 2 is 1.80 bits per heavy atom. The highest BCUT2D eigenvalue weighted by Gasteiger charge is 2.46. The SMILES string of the molecule is O=C1C(=O)N(Cc2cccc(C(F)(F)F)c2)C(c2cccnc2)/C1=C(\O)c1ccc([N+](=O)[O-])cc1. The zero-order valence-corrected chi connectivity index (χ0v) is 17.8. The monoisotopic (exact) mass is 483 g/mol. The van der Waals surface area contributed by atoms with Gasteiger partial charge in [-0.25, -0.2) is 0 Å². The molecule has 0 aliphatic carbocycles. The number of nitro groups is 1. The molecular formula is C24H16F3N3O5. The van der Waals surface area contributed by atoms with Crippen LogP contribution < -0.4 is 0 Å². The Bertz CT molecular complexity index is 1340. The summed E-state index contributed by atoms with van der Waals surface area (Å²) in [6.07, 6.45) is -1.76.